The van der Waals surface area contributed by atoms with E-state index in [-0.39, 0.29) is 12.5 Å². The highest BCUT2D eigenvalue weighted by atomic mass is 16.4. The standard InChI is InChI=1S/C13H24N2O3/c1-9(16)15-11(12(17)18)8-14-10-5-4-6-13(2,3)7-10/h10-11,14H,4-8H2,1-3H3,(H,15,16)(H,17,18). The van der Waals surface area contributed by atoms with Gasteiger partial charge in [-0.1, -0.05) is 20.3 Å². The third-order valence-corrected chi connectivity index (χ3v) is 3.49. The maximum absolute atomic E-state index is 11.0. The van der Waals surface area contributed by atoms with Crippen LogP contribution in [0.15, 0.2) is 0 Å². The summed E-state index contributed by atoms with van der Waals surface area (Å²) in [6.07, 6.45) is 4.52. The lowest BCUT2D eigenvalue weighted by Gasteiger charge is -2.36. The van der Waals surface area contributed by atoms with Crippen LogP contribution in [0.1, 0.15) is 46.5 Å². The first-order valence-corrected chi connectivity index (χ1v) is 6.53. The fourth-order valence-electron chi connectivity index (χ4n) is 2.60. The molecule has 1 aliphatic rings. The first kappa shape index (κ1) is 15.0. The van der Waals surface area contributed by atoms with Crippen LogP contribution in [0, 0.1) is 5.41 Å². The monoisotopic (exact) mass is 256 g/mol. The second-order valence-electron chi connectivity index (χ2n) is 5.96. The fourth-order valence-corrected chi connectivity index (χ4v) is 2.60. The zero-order chi connectivity index (χ0) is 13.8. The first-order chi connectivity index (χ1) is 8.30. The van der Waals surface area contributed by atoms with E-state index in [4.69, 9.17) is 5.11 Å². The molecule has 0 aromatic carbocycles. The third-order valence-electron chi connectivity index (χ3n) is 3.49. The maximum atomic E-state index is 11.0. The second kappa shape index (κ2) is 6.18. The molecular formula is C13H24N2O3. The molecule has 0 bridgehead atoms. The quantitative estimate of drug-likeness (QED) is 0.689. The molecule has 0 saturated heterocycles. The van der Waals surface area contributed by atoms with Gasteiger partial charge < -0.3 is 15.7 Å². The van der Waals surface area contributed by atoms with Gasteiger partial charge in [0.1, 0.15) is 6.04 Å². The molecule has 0 aliphatic heterocycles. The van der Waals surface area contributed by atoms with Gasteiger partial charge in [-0.3, -0.25) is 4.79 Å². The Morgan fingerprint density at radius 3 is 2.61 bits per heavy atom. The number of hydrogen-bond donors (Lipinski definition) is 3. The summed E-state index contributed by atoms with van der Waals surface area (Å²) < 4.78 is 0. The Hall–Kier alpha value is -1.10. The number of hydrogen-bond acceptors (Lipinski definition) is 3. The van der Waals surface area contributed by atoms with Crippen molar-refractivity contribution in [3.05, 3.63) is 0 Å². The molecule has 1 aliphatic carbocycles. The molecule has 104 valence electrons. The van der Waals surface area contributed by atoms with E-state index in [2.05, 4.69) is 24.5 Å². The summed E-state index contributed by atoms with van der Waals surface area (Å²) in [6, 6.07) is -0.489. The molecule has 0 spiro atoms. The van der Waals surface area contributed by atoms with Crippen molar-refractivity contribution in [3.63, 3.8) is 0 Å². The molecule has 0 heterocycles. The van der Waals surface area contributed by atoms with Crippen LogP contribution in [-0.4, -0.2) is 35.6 Å². The van der Waals surface area contributed by atoms with Crippen molar-refractivity contribution < 1.29 is 14.7 Å². The normalized spacial score (nSPS) is 24.3. The van der Waals surface area contributed by atoms with Crippen LogP contribution >= 0.6 is 0 Å². The molecule has 5 heteroatoms. The predicted molar refractivity (Wildman–Crippen MR) is 69.3 cm³/mol. The van der Waals surface area contributed by atoms with Gasteiger partial charge in [-0.15, -0.1) is 0 Å². The number of carboxylic acids is 1. The Balaban J connectivity index is 2.42. The van der Waals surface area contributed by atoms with E-state index in [9.17, 15) is 9.59 Å². The summed E-state index contributed by atoms with van der Waals surface area (Å²) in [5.41, 5.74) is 0.322. The largest absolute Gasteiger partial charge is 0.480 e. The van der Waals surface area contributed by atoms with Gasteiger partial charge in [0.05, 0.1) is 0 Å². The zero-order valence-electron chi connectivity index (χ0n) is 11.5. The predicted octanol–water partition coefficient (Wildman–Crippen LogP) is 1.13. The van der Waals surface area contributed by atoms with Crippen molar-refractivity contribution in [2.75, 3.05) is 6.54 Å². The highest BCUT2D eigenvalue weighted by Crippen LogP contribution is 2.34. The minimum atomic E-state index is -0.993. The smallest absolute Gasteiger partial charge is 0.327 e. The van der Waals surface area contributed by atoms with Crippen molar-refractivity contribution in [3.8, 4) is 0 Å². The summed E-state index contributed by atoms with van der Waals surface area (Å²) >= 11 is 0. The highest BCUT2D eigenvalue weighted by Gasteiger charge is 2.28. The van der Waals surface area contributed by atoms with Gasteiger partial charge in [0.15, 0.2) is 0 Å². The van der Waals surface area contributed by atoms with E-state index in [1.54, 1.807) is 0 Å². The van der Waals surface area contributed by atoms with E-state index in [0.717, 1.165) is 12.8 Å². The van der Waals surface area contributed by atoms with E-state index in [1.165, 1.54) is 19.8 Å². The van der Waals surface area contributed by atoms with Crippen molar-refractivity contribution >= 4 is 11.9 Å². The van der Waals surface area contributed by atoms with Crippen molar-refractivity contribution in [1.82, 2.24) is 10.6 Å². The molecule has 2 atom stereocenters. The molecule has 1 saturated carbocycles. The van der Waals surface area contributed by atoms with Crippen LogP contribution in [0.5, 0.6) is 0 Å². The first-order valence-electron chi connectivity index (χ1n) is 6.53. The van der Waals surface area contributed by atoms with Crippen LogP contribution in [0.25, 0.3) is 0 Å². The van der Waals surface area contributed by atoms with Crippen molar-refractivity contribution in [2.45, 2.75) is 58.5 Å². The van der Waals surface area contributed by atoms with Gasteiger partial charge in [0.2, 0.25) is 5.91 Å². The van der Waals surface area contributed by atoms with Crippen molar-refractivity contribution in [1.29, 1.82) is 0 Å². The molecule has 18 heavy (non-hydrogen) atoms. The summed E-state index contributed by atoms with van der Waals surface area (Å²) in [4.78, 5) is 21.9. The molecule has 1 fully saturated rings. The van der Waals surface area contributed by atoms with Gasteiger partial charge >= 0.3 is 5.97 Å². The van der Waals surface area contributed by atoms with Gasteiger partial charge in [0.25, 0.3) is 0 Å². The lowest BCUT2D eigenvalue weighted by Crippen LogP contribution is -2.49. The highest BCUT2D eigenvalue weighted by molar-refractivity contribution is 5.82. The minimum Gasteiger partial charge on any atom is -0.480 e. The lowest BCUT2D eigenvalue weighted by molar-refractivity contribution is -0.141. The van der Waals surface area contributed by atoms with Crippen molar-refractivity contribution in [2.24, 2.45) is 5.41 Å². The molecule has 3 N–H and O–H groups in total. The molecule has 0 aromatic rings. The molecule has 1 rings (SSSR count). The molecule has 5 nitrogen and oxygen atoms in total. The SMILES string of the molecule is CC(=O)NC(CNC1CCCC(C)(C)C1)C(=O)O. The van der Waals surface area contributed by atoms with Crippen LogP contribution in [0.3, 0.4) is 0 Å². The van der Waals surface area contributed by atoms with Gasteiger partial charge in [-0.05, 0) is 24.7 Å². The molecule has 1 amide bonds. The number of aliphatic carboxylic acids is 1. The molecule has 0 radical (unpaired) electrons. The summed E-state index contributed by atoms with van der Waals surface area (Å²) in [6.45, 7) is 6.10. The average Bonchev–Trinajstić information content (AvgIpc) is 2.22. The molecule has 0 aromatic heterocycles. The van der Waals surface area contributed by atoms with E-state index < -0.39 is 12.0 Å². The Morgan fingerprint density at radius 1 is 1.44 bits per heavy atom. The number of carbonyl (C=O) groups is 2. The third kappa shape index (κ3) is 5.04. The van der Waals surface area contributed by atoms with Crippen LogP contribution in [0.2, 0.25) is 0 Å². The van der Waals surface area contributed by atoms with E-state index in [1.807, 2.05) is 0 Å². The fraction of sp³-hybridized carbons (Fsp3) is 0.846. The Kier molecular flexibility index (Phi) is 5.14. The van der Waals surface area contributed by atoms with Gasteiger partial charge in [-0.2, -0.15) is 0 Å². The summed E-state index contributed by atoms with van der Waals surface area (Å²) in [5, 5.41) is 14.7. The number of amides is 1. The maximum Gasteiger partial charge on any atom is 0.327 e. The summed E-state index contributed by atoms with van der Waals surface area (Å²) in [5.74, 6) is -1.30. The number of nitrogens with one attached hydrogen (secondary N) is 2. The number of carboxylic acid groups (broad SMARTS) is 1. The topological polar surface area (TPSA) is 78.4 Å². The average molecular weight is 256 g/mol. The lowest BCUT2D eigenvalue weighted by atomic mass is 9.75. The Labute approximate surface area is 108 Å². The second-order valence-corrected chi connectivity index (χ2v) is 5.96. The Morgan fingerprint density at radius 2 is 2.11 bits per heavy atom. The number of carbonyl (C=O) groups excluding carboxylic acids is 1. The molecule has 2 unspecified atom stereocenters. The van der Waals surface area contributed by atoms with E-state index in [0.29, 0.717) is 11.5 Å². The summed E-state index contributed by atoms with van der Waals surface area (Å²) in [7, 11) is 0. The Bertz CT molecular complexity index is 315. The van der Waals surface area contributed by atoms with E-state index >= 15 is 0 Å². The van der Waals surface area contributed by atoms with Crippen LogP contribution in [0.4, 0.5) is 0 Å². The van der Waals surface area contributed by atoms with Gasteiger partial charge in [-0.25, -0.2) is 4.79 Å². The van der Waals surface area contributed by atoms with Crippen LogP contribution in [-0.2, 0) is 9.59 Å². The number of rotatable bonds is 5. The van der Waals surface area contributed by atoms with Crippen LogP contribution < -0.4 is 10.6 Å². The zero-order valence-corrected chi connectivity index (χ0v) is 11.5. The molecular weight excluding hydrogens is 232 g/mol. The van der Waals surface area contributed by atoms with Gasteiger partial charge in [0, 0.05) is 19.5 Å². The minimum absolute atomic E-state index is 0.287.